The molecule has 7 atom stereocenters. The zero-order valence-electron chi connectivity index (χ0n) is 16.3. The van der Waals surface area contributed by atoms with Crippen LogP contribution in [0.25, 0.3) is 0 Å². The minimum Gasteiger partial charge on any atom is -0.381 e. The number of hydrogen-bond acceptors (Lipinski definition) is 4. The number of aliphatic hydroxyl groups is 1. The lowest BCUT2D eigenvalue weighted by Crippen LogP contribution is -2.67. The number of hydrogen-bond donors (Lipinski definition) is 1. The fourth-order valence-corrected chi connectivity index (χ4v) is 7.54. The summed E-state index contributed by atoms with van der Waals surface area (Å²) in [6, 6.07) is 0. The Morgan fingerprint density at radius 1 is 1.26 bits per heavy atom. The molecule has 5 heteroatoms. The number of fused-ring (bicyclic) bond motifs is 5. The number of rotatable bonds is 1. The summed E-state index contributed by atoms with van der Waals surface area (Å²) in [6.07, 6.45) is 7.11. The predicted octanol–water partition coefficient (Wildman–Crippen LogP) is 3.40. The van der Waals surface area contributed by atoms with Crippen LogP contribution in [0.1, 0.15) is 53.4 Å². The zero-order chi connectivity index (χ0) is 20.0. The lowest BCUT2D eigenvalue weighted by molar-refractivity contribution is -0.167. The van der Waals surface area contributed by atoms with Gasteiger partial charge in [-0.2, -0.15) is 0 Å². The average molecular weight is 391 g/mol. The van der Waals surface area contributed by atoms with Crippen LogP contribution < -0.4 is 0 Å². The fraction of sp³-hybridized carbons (Fsp3) is 0.682. The molecule has 27 heavy (non-hydrogen) atoms. The molecule has 0 amide bonds. The molecule has 1 N–H and O–H groups in total. The first-order chi connectivity index (χ1) is 12.4. The van der Waals surface area contributed by atoms with E-state index in [1.807, 2.05) is 20.8 Å². The summed E-state index contributed by atoms with van der Waals surface area (Å²) >= 11 is 7.22. The second-order valence-electron chi connectivity index (χ2n) is 9.55. The Balaban J connectivity index is 1.87. The molecule has 0 spiro atoms. The van der Waals surface area contributed by atoms with E-state index in [0.717, 1.165) is 5.57 Å². The number of carbonyl (C=O) groups is 3. The Labute approximate surface area is 165 Å². The molecule has 4 aliphatic carbocycles. The highest BCUT2D eigenvalue weighted by atomic mass is 35.5. The van der Waals surface area contributed by atoms with Crippen LogP contribution in [0.4, 0.5) is 0 Å². The Hall–Kier alpha value is -1.26. The second-order valence-corrected chi connectivity index (χ2v) is 10.1. The van der Waals surface area contributed by atoms with Crippen LogP contribution in [0.5, 0.6) is 0 Å². The lowest BCUT2D eigenvalue weighted by atomic mass is 9.46. The van der Waals surface area contributed by atoms with Crippen LogP contribution in [0.15, 0.2) is 23.8 Å². The van der Waals surface area contributed by atoms with Gasteiger partial charge in [-0.3, -0.25) is 14.4 Å². The molecule has 3 saturated carbocycles. The average Bonchev–Trinajstić information content (AvgIpc) is 2.79. The standard InChI is InChI=1S/C22H27ClO4/c1-12-9-17-16-6-5-14-10-15(25)7-8-19(14,3)21(16,23)18(26)11-20(17,4)22(12,27)13(2)24/h7-8,10,12,16-17,27H,5-6,9,11H2,1-4H3/t12-,16-,17-,19-,20-,21-,22-/m0/s1. The van der Waals surface area contributed by atoms with E-state index in [9.17, 15) is 19.5 Å². The molecular weight excluding hydrogens is 364 g/mol. The van der Waals surface area contributed by atoms with E-state index in [1.54, 1.807) is 12.2 Å². The predicted molar refractivity (Wildman–Crippen MR) is 102 cm³/mol. The number of alkyl halides is 1. The third-order valence-corrected chi connectivity index (χ3v) is 9.41. The summed E-state index contributed by atoms with van der Waals surface area (Å²) in [4.78, 5) is 36.8. The van der Waals surface area contributed by atoms with Crippen molar-refractivity contribution in [2.45, 2.75) is 63.9 Å². The van der Waals surface area contributed by atoms with Gasteiger partial charge >= 0.3 is 0 Å². The minimum atomic E-state index is -1.50. The van der Waals surface area contributed by atoms with Gasteiger partial charge < -0.3 is 5.11 Å². The van der Waals surface area contributed by atoms with Crippen LogP contribution in [0.2, 0.25) is 0 Å². The van der Waals surface area contributed by atoms with E-state index in [2.05, 4.69) is 0 Å². The second kappa shape index (κ2) is 5.42. The molecule has 146 valence electrons. The highest BCUT2D eigenvalue weighted by Crippen LogP contribution is 2.70. The van der Waals surface area contributed by atoms with Gasteiger partial charge in [0.25, 0.3) is 0 Å². The molecule has 0 bridgehead atoms. The molecule has 0 unspecified atom stereocenters. The Morgan fingerprint density at radius 3 is 2.56 bits per heavy atom. The zero-order valence-corrected chi connectivity index (χ0v) is 17.1. The molecule has 3 fully saturated rings. The summed E-state index contributed by atoms with van der Waals surface area (Å²) in [6.45, 7) is 7.18. The normalized spacial score (nSPS) is 51.3. The molecule has 0 aromatic rings. The highest BCUT2D eigenvalue weighted by Gasteiger charge is 2.74. The van der Waals surface area contributed by atoms with Gasteiger partial charge in [0.2, 0.25) is 0 Å². The van der Waals surface area contributed by atoms with Gasteiger partial charge in [-0.15, -0.1) is 11.6 Å². The highest BCUT2D eigenvalue weighted by molar-refractivity contribution is 6.37. The SMILES string of the molecule is CC(=O)[C@@]1(O)[C@@H](C)C[C@H]2[C@@H]3CCC4=CC(=O)C=C[C@]4(C)[C@@]3(Cl)C(=O)C[C@@]21C. The minimum absolute atomic E-state index is 0.0130. The topological polar surface area (TPSA) is 71.4 Å². The van der Waals surface area contributed by atoms with Crippen molar-refractivity contribution in [2.24, 2.45) is 28.6 Å². The summed E-state index contributed by atoms with van der Waals surface area (Å²) < 4.78 is 0. The monoisotopic (exact) mass is 390 g/mol. The van der Waals surface area contributed by atoms with Crippen molar-refractivity contribution in [2.75, 3.05) is 0 Å². The molecule has 0 saturated heterocycles. The molecule has 0 aromatic carbocycles. The molecule has 4 rings (SSSR count). The van der Waals surface area contributed by atoms with Crippen LogP contribution in [-0.4, -0.2) is 32.9 Å². The Morgan fingerprint density at radius 2 is 1.93 bits per heavy atom. The number of Topliss-reactive ketones (excluding diaryl/α,β-unsaturated/α-hetero) is 2. The van der Waals surface area contributed by atoms with Crippen molar-refractivity contribution in [3.05, 3.63) is 23.8 Å². The van der Waals surface area contributed by atoms with Crippen molar-refractivity contribution >= 4 is 29.0 Å². The molecule has 4 nitrogen and oxygen atoms in total. The van der Waals surface area contributed by atoms with Gasteiger partial charge in [0.05, 0.1) is 0 Å². The number of halogens is 1. The number of ketones is 3. The smallest absolute Gasteiger partial charge is 0.178 e. The van der Waals surface area contributed by atoms with Gasteiger partial charge in [0, 0.05) is 17.3 Å². The quantitative estimate of drug-likeness (QED) is 0.696. The number of carbonyl (C=O) groups excluding carboxylic acids is 3. The molecule has 0 aliphatic heterocycles. The van der Waals surface area contributed by atoms with Crippen LogP contribution in [0.3, 0.4) is 0 Å². The van der Waals surface area contributed by atoms with Gasteiger partial charge in [-0.05, 0) is 56.1 Å². The van der Waals surface area contributed by atoms with Crippen LogP contribution in [0, 0.1) is 28.6 Å². The summed E-state index contributed by atoms with van der Waals surface area (Å²) in [5.74, 6) is -0.809. The Kier molecular flexibility index (Phi) is 3.83. The van der Waals surface area contributed by atoms with Gasteiger partial charge in [0.15, 0.2) is 17.3 Å². The van der Waals surface area contributed by atoms with Crippen molar-refractivity contribution in [3.63, 3.8) is 0 Å². The van der Waals surface area contributed by atoms with Crippen LogP contribution in [-0.2, 0) is 14.4 Å². The summed E-state index contributed by atoms with van der Waals surface area (Å²) in [5, 5.41) is 11.4. The lowest BCUT2D eigenvalue weighted by Gasteiger charge is -2.60. The largest absolute Gasteiger partial charge is 0.381 e. The molecule has 0 radical (unpaired) electrons. The van der Waals surface area contributed by atoms with Crippen LogP contribution >= 0.6 is 11.6 Å². The van der Waals surface area contributed by atoms with Gasteiger partial charge in [-0.25, -0.2) is 0 Å². The van der Waals surface area contributed by atoms with Crippen molar-refractivity contribution in [1.82, 2.24) is 0 Å². The summed E-state index contributed by atoms with van der Waals surface area (Å²) in [5.41, 5.74) is -2.08. The fourth-order valence-electron chi connectivity index (χ4n) is 7.02. The van der Waals surface area contributed by atoms with Crippen molar-refractivity contribution < 1.29 is 19.5 Å². The van der Waals surface area contributed by atoms with Gasteiger partial charge in [0.1, 0.15) is 10.5 Å². The first-order valence-electron chi connectivity index (χ1n) is 9.83. The first-order valence-corrected chi connectivity index (χ1v) is 10.2. The van der Waals surface area contributed by atoms with E-state index >= 15 is 0 Å². The molecule has 0 heterocycles. The molecular formula is C22H27ClO4. The maximum Gasteiger partial charge on any atom is 0.178 e. The summed E-state index contributed by atoms with van der Waals surface area (Å²) in [7, 11) is 0. The van der Waals surface area contributed by atoms with Gasteiger partial charge in [-0.1, -0.05) is 32.4 Å². The van der Waals surface area contributed by atoms with E-state index in [0.29, 0.717) is 19.3 Å². The van der Waals surface area contributed by atoms with E-state index in [-0.39, 0.29) is 41.5 Å². The maximum absolute atomic E-state index is 13.6. The van der Waals surface area contributed by atoms with Crippen molar-refractivity contribution in [1.29, 1.82) is 0 Å². The molecule has 4 aliphatic rings. The Bertz CT molecular complexity index is 828. The third-order valence-electron chi connectivity index (χ3n) is 8.52. The molecule has 0 aromatic heterocycles. The van der Waals surface area contributed by atoms with E-state index in [1.165, 1.54) is 13.0 Å². The number of allylic oxidation sites excluding steroid dienone is 4. The first kappa shape index (κ1) is 19.1. The third kappa shape index (κ3) is 1.96. The van der Waals surface area contributed by atoms with Crippen molar-refractivity contribution in [3.8, 4) is 0 Å². The van der Waals surface area contributed by atoms with E-state index < -0.39 is 21.3 Å². The van der Waals surface area contributed by atoms with E-state index in [4.69, 9.17) is 11.6 Å². The maximum atomic E-state index is 13.6.